The van der Waals surface area contributed by atoms with Crippen LogP contribution in [0.3, 0.4) is 0 Å². The van der Waals surface area contributed by atoms with Gasteiger partial charge in [-0.25, -0.2) is 0 Å². The van der Waals surface area contributed by atoms with Crippen LogP contribution in [-0.2, 0) is 6.54 Å². The largest absolute Gasteiger partial charge is 0.355 e. The van der Waals surface area contributed by atoms with Crippen molar-refractivity contribution in [1.82, 2.24) is 20.4 Å². The van der Waals surface area contributed by atoms with E-state index >= 15 is 0 Å². The normalized spacial score (nSPS) is 22.3. The van der Waals surface area contributed by atoms with E-state index in [-0.39, 0.29) is 5.54 Å². The average molecular weight is 378 g/mol. The molecule has 2 fully saturated rings. The van der Waals surface area contributed by atoms with E-state index in [4.69, 9.17) is 0 Å². The second-order valence-electron chi connectivity index (χ2n) is 7.88. The topological polar surface area (TPSA) is 42.9 Å². The molecule has 6 heteroatoms. The molecule has 2 aliphatic rings. The first-order valence-corrected chi connectivity index (χ1v) is 10.9. The van der Waals surface area contributed by atoms with Crippen molar-refractivity contribution in [3.05, 3.63) is 21.9 Å². The van der Waals surface area contributed by atoms with Gasteiger partial charge in [-0.2, -0.15) is 0 Å². The van der Waals surface area contributed by atoms with Gasteiger partial charge in [0.05, 0.1) is 6.54 Å². The van der Waals surface area contributed by atoms with Crippen LogP contribution in [0, 0.1) is 6.92 Å². The minimum absolute atomic E-state index is 0.281. The summed E-state index contributed by atoms with van der Waals surface area (Å²) in [5.41, 5.74) is 1.64. The Morgan fingerprint density at radius 1 is 1.15 bits per heavy atom. The van der Waals surface area contributed by atoms with Crippen LogP contribution in [0.4, 0.5) is 0 Å². The summed E-state index contributed by atoms with van der Waals surface area (Å²) in [6, 6.07) is 2.18. The Hall–Kier alpha value is -1.11. The van der Waals surface area contributed by atoms with Gasteiger partial charge in [0.25, 0.3) is 0 Å². The maximum absolute atomic E-state index is 4.46. The van der Waals surface area contributed by atoms with E-state index in [0.29, 0.717) is 0 Å². The van der Waals surface area contributed by atoms with Crippen LogP contribution in [0.2, 0.25) is 0 Å². The Balaban J connectivity index is 1.59. The molecule has 3 rings (SSSR count). The maximum atomic E-state index is 4.46. The summed E-state index contributed by atoms with van der Waals surface area (Å²) >= 11 is 1.81. The quantitative estimate of drug-likeness (QED) is 0.612. The van der Waals surface area contributed by atoms with Crippen LogP contribution >= 0.6 is 11.3 Å². The minimum atomic E-state index is 0.281. The number of hydrogen-bond donors (Lipinski definition) is 2. The molecule has 146 valence electrons. The van der Waals surface area contributed by atoms with Crippen molar-refractivity contribution in [3.63, 3.8) is 0 Å². The van der Waals surface area contributed by atoms with Gasteiger partial charge >= 0.3 is 0 Å². The van der Waals surface area contributed by atoms with Crippen molar-refractivity contribution in [2.75, 3.05) is 46.8 Å². The smallest absolute Gasteiger partial charge is 0.191 e. The van der Waals surface area contributed by atoms with Crippen LogP contribution < -0.4 is 10.6 Å². The first-order valence-electron chi connectivity index (χ1n) is 10.0. The van der Waals surface area contributed by atoms with E-state index in [9.17, 15) is 0 Å². The molecule has 0 radical (unpaired) electrons. The van der Waals surface area contributed by atoms with E-state index in [2.05, 4.69) is 50.8 Å². The number of aliphatic imine (C=N–C) groups is 1. The Bertz CT molecular complexity index is 583. The molecule has 3 heterocycles. The predicted octanol–water partition coefficient (Wildman–Crippen LogP) is 2.67. The van der Waals surface area contributed by atoms with Gasteiger partial charge < -0.3 is 15.5 Å². The molecule has 0 spiro atoms. The third-order valence-electron chi connectivity index (χ3n) is 6.14. The molecule has 0 unspecified atom stereocenters. The molecule has 2 saturated heterocycles. The standard InChI is InChI=1S/C20H35N5S/c1-17-7-14-26-18(17)15-22-19(21-2)23-16-20(8-12-24(3)13-9-20)25-10-5-4-6-11-25/h7,14H,4-6,8-13,15-16H2,1-3H3,(H2,21,22,23). The monoisotopic (exact) mass is 377 g/mol. The average Bonchev–Trinajstić information content (AvgIpc) is 3.09. The van der Waals surface area contributed by atoms with Crippen molar-refractivity contribution in [2.24, 2.45) is 4.99 Å². The Kier molecular flexibility index (Phi) is 6.95. The lowest BCUT2D eigenvalue weighted by atomic mass is 9.84. The molecular formula is C20H35N5S. The summed E-state index contributed by atoms with van der Waals surface area (Å²) < 4.78 is 0. The number of piperidine rings is 2. The van der Waals surface area contributed by atoms with E-state index in [0.717, 1.165) is 19.0 Å². The zero-order valence-corrected chi connectivity index (χ0v) is 17.5. The number of nitrogens with zero attached hydrogens (tertiary/aromatic N) is 3. The van der Waals surface area contributed by atoms with Gasteiger partial charge in [-0.3, -0.25) is 9.89 Å². The van der Waals surface area contributed by atoms with Crippen LogP contribution in [-0.4, -0.2) is 68.1 Å². The number of rotatable bonds is 5. The number of guanidine groups is 1. The molecule has 0 atom stereocenters. The van der Waals surface area contributed by atoms with E-state index in [1.807, 2.05) is 18.4 Å². The predicted molar refractivity (Wildman–Crippen MR) is 112 cm³/mol. The maximum Gasteiger partial charge on any atom is 0.191 e. The van der Waals surface area contributed by atoms with Crippen molar-refractivity contribution < 1.29 is 0 Å². The van der Waals surface area contributed by atoms with Crippen LogP contribution in [0.25, 0.3) is 0 Å². The molecule has 0 aromatic carbocycles. The van der Waals surface area contributed by atoms with E-state index in [1.165, 1.54) is 68.7 Å². The first kappa shape index (κ1) is 19.6. The fourth-order valence-electron chi connectivity index (χ4n) is 4.23. The van der Waals surface area contributed by atoms with Crippen molar-refractivity contribution >= 4 is 17.3 Å². The summed E-state index contributed by atoms with van der Waals surface area (Å²) in [6.45, 7) is 8.91. The molecule has 0 amide bonds. The van der Waals surface area contributed by atoms with Gasteiger partial charge in [-0.1, -0.05) is 6.42 Å². The number of hydrogen-bond acceptors (Lipinski definition) is 4. The second-order valence-corrected chi connectivity index (χ2v) is 8.88. The second kappa shape index (κ2) is 9.20. The molecule has 1 aromatic heterocycles. The van der Waals surface area contributed by atoms with Gasteiger partial charge in [-0.15, -0.1) is 11.3 Å². The van der Waals surface area contributed by atoms with Gasteiger partial charge in [0.2, 0.25) is 0 Å². The zero-order chi connectivity index (χ0) is 18.4. The fourth-order valence-corrected chi connectivity index (χ4v) is 5.07. The van der Waals surface area contributed by atoms with Gasteiger partial charge in [0.1, 0.15) is 0 Å². The molecule has 0 aliphatic carbocycles. The molecule has 0 bridgehead atoms. The zero-order valence-electron chi connectivity index (χ0n) is 16.7. The Labute approximate surface area is 162 Å². The highest BCUT2D eigenvalue weighted by Gasteiger charge is 2.39. The summed E-state index contributed by atoms with van der Waals surface area (Å²) in [4.78, 5) is 11.1. The lowest BCUT2D eigenvalue weighted by Gasteiger charge is -2.50. The lowest BCUT2D eigenvalue weighted by molar-refractivity contribution is 0.0173. The van der Waals surface area contributed by atoms with E-state index < -0.39 is 0 Å². The third kappa shape index (κ3) is 4.78. The third-order valence-corrected chi connectivity index (χ3v) is 7.16. The highest BCUT2D eigenvalue weighted by molar-refractivity contribution is 7.10. The van der Waals surface area contributed by atoms with Gasteiger partial charge in [0, 0.05) is 24.0 Å². The van der Waals surface area contributed by atoms with Crippen molar-refractivity contribution in [1.29, 1.82) is 0 Å². The van der Waals surface area contributed by atoms with E-state index in [1.54, 1.807) is 0 Å². The van der Waals surface area contributed by atoms with Crippen LogP contribution in [0.15, 0.2) is 16.4 Å². The molecule has 0 saturated carbocycles. The molecule has 2 aliphatic heterocycles. The lowest BCUT2D eigenvalue weighted by Crippen LogP contribution is -2.62. The van der Waals surface area contributed by atoms with Crippen LogP contribution in [0.5, 0.6) is 0 Å². The van der Waals surface area contributed by atoms with Crippen molar-refractivity contribution in [3.8, 4) is 0 Å². The molecular weight excluding hydrogens is 342 g/mol. The van der Waals surface area contributed by atoms with Crippen molar-refractivity contribution in [2.45, 2.75) is 51.1 Å². The number of aryl methyl sites for hydroxylation is 1. The summed E-state index contributed by atoms with van der Waals surface area (Å²) in [6.07, 6.45) is 6.59. The number of thiophene rings is 1. The highest BCUT2D eigenvalue weighted by Crippen LogP contribution is 2.30. The summed E-state index contributed by atoms with van der Waals surface area (Å²) in [7, 11) is 4.12. The minimum Gasteiger partial charge on any atom is -0.355 e. The Morgan fingerprint density at radius 2 is 1.88 bits per heavy atom. The SMILES string of the molecule is CN=C(NCc1sccc1C)NCC1(N2CCCCC2)CCN(C)CC1. The fraction of sp³-hybridized carbons (Fsp3) is 0.750. The number of nitrogens with one attached hydrogen (secondary N) is 2. The first-order chi connectivity index (χ1) is 12.6. The van der Waals surface area contributed by atoms with Gasteiger partial charge in [-0.05, 0) is 82.8 Å². The molecule has 26 heavy (non-hydrogen) atoms. The summed E-state index contributed by atoms with van der Waals surface area (Å²) in [5.74, 6) is 0.924. The molecule has 1 aromatic rings. The summed E-state index contributed by atoms with van der Waals surface area (Å²) in [5, 5.41) is 9.32. The van der Waals surface area contributed by atoms with Gasteiger partial charge in [0.15, 0.2) is 5.96 Å². The Morgan fingerprint density at radius 3 is 2.50 bits per heavy atom. The van der Waals surface area contributed by atoms with Crippen LogP contribution in [0.1, 0.15) is 42.5 Å². The molecule has 5 nitrogen and oxygen atoms in total. The number of likely N-dealkylation sites (tertiary alicyclic amines) is 2. The highest BCUT2D eigenvalue weighted by atomic mass is 32.1. The molecule has 2 N–H and O–H groups in total.